The molecule has 1 aliphatic carbocycles. The number of nitrogens with zero attached hydrogens (tertiary/aromatic N) is 2. The third-order valence-electron chi connectivity index (χ3n) is 3.69. The first kappa shape index (κ1) is 12.5. The fourth-order valence-corrected chi connectivity index (χ4v) is 2.25. The summed E-state index contributed by atoms with van der Waals surface area (Å²) in [7, 11) is 3.24. The summed E-state index contributed by atoms with van der Waals surface area (Å²) in [6, 6.07) is 7.95. The van der Waals surface area contributed by atoms with Crippen LogP contribution in [0.25, 0.3) is 11.3 Å². The molecule has 1 fully saturated rings. The van der Waals surface area contributed by atoms with Gasteiger partial charge in [0.05, 0.1) is 32.2 Å². The van der Waals surface area contributed by atoms with Crippen molar-refractivity contribution in [3.63, 3.8) is 0 Å². The van der Waals surface area contributed by atoms with Crippen LogP contribution in [0.1, 0.15) is 18.7 Å². The lowest BCUT2D eigenvalue weighted by atomic mass is 10.1. The molecule has 0 radical (unpaired) electrons. The number of H-pyrrole nitrogens is 1. The molecule has 0 unspecified atom stereocenters. The molecule has 1 aliphatic rings. The quantitative estimate of drug-likeness (QED) is 0.926. The Morgan fingerprint density at radius 3 is 2.70 bits per heavy atom. The molecule has 0 spiro atoms. The van der Waals surface area contributed by atoms with Gasteiger partial charge in [0.1, 0.15) is 22.7 Å². The number of imidazole rings is 1. The van der Waals surface area contributed by atoms with Gasteiger partial charge in [0.2, 0.25) is 0 Å². The van der Waals surface area contributed by atoms with Crippen molar-refractivity contribution in [1.29, 1.82) is 5.26 Å². The van der Waals surface area contributed by atoms with Crippen LogP contribution >= 0.6 is 0 Å². The van der Waals surface area contributed by atoms with Gasteiger partial charge in [0.25, 0.3) is 0 Å². The van der Waals surface area contributed by atoms with Crippen molar-refractivity contribution in [2.45, 2.75) is 18.3 Å². The number of hydrogen-bond donors (Lipinski definition) is 1. The van der Waals surface area contributed by atoms with Gasteiger partial charge >= 0.3 is 0 Å². The molecule has 0 aliphatic heterocycles. The lowest BCUT2D eigenvalue weighted by molar-refractivity contribution is 0.395. The molecule has 1 heterocycles. The van der Waals surface area contributed by atoms with Crippen LogP contribution in [0.15, 0.2) is 24.4 Å². The van der Waals surface area contributed by atoms with Crippen molar-refractivity contribution in [3.8, 4) is 28.8 Å². The van der Waals surface area contributed by atoms with E-state index in [-0.39, 0.29) is 0 Å². The Hall–Kier alpha value is -2.48. The van der Waals surface area contributed by atoms with E-state index in [0.29, 0.717) is 5.75 Å². The summed E-state index contributed by atoms with van der Waals surface area (Å²) in [6.07, 6.45) is 3.49. The molecule has 2 aromatic rings. The molecule has 20 heavy (non-hydrogen) atoms. The number of aromatic nitrogens is 2. The summed E-state index contributed by atoms with van der Waals surface area (Å²) in [4.78, 5) is 7.59. The molecule has 0 atom stereocenters. The van der Waals surface area contributed by atoms with Crippen LogP contribution in [-0.4, -0.2) is 24.2 Å². The number of benzene rings is 1. The number of nitriles is 1. The fourth-order valence-electron chi connectivity index (χ4n) is 2.25. The van der Waals surface area contributed by atoms with Crippen LogP contribution < -0.4 is 9.47 Å². The average molecular weight is 269 g/mol. The minimum atomic E-state index is -0.405. The maximum absolute atomic E-state index is 9.21. The van der Waals surface area contributed by atoms with Gasteiger partial charge in [-0.15, -0.1) is 0 Å². The van der Waals surface area contributed by atoms with E-state index in [9.17, 15) is 5.26 Å². The number of nitrogens with one attached hydrogen (secondary N) is 1. The molecule has 1 aromatic carbocycles. The maximum atomic E-state index is 9.21. The maximum Gasteiger partial charge on any atom is 0.131 e. The zero-order chi connectivity index (χ0) is 14.2. The Bertz CT molecular complexity index is 681. The van der Waals surface area contributed by atoms with E-state index < -0.39 is 5.41 Å². The Morgan fingerprint density at radius 1 is 1.30 bits per heavy atom. The Labute approximate surface area is 117 Å². The average Bonchev–Trinajstić information content (AvgIpc) is 3.15. The molecular weight excluding hydrogens is 254 g/mol. The zero-order valence-electron chi connectivity index (χ0n) is 11.4. The fraction of sp³-hybridized carbons (Fsp3) is 0.333. The van der Waals surface area contributed by atoms with Crippen molar-refractivity contribution in [3.05, 3.63) is 30.2 Å². The highest BCUT2D eigenvalue weighted by Gasteiger charge is 2.47. The van der Waals surface area contributed by atoms with E-state index in [4.69, 9.17) is 9.47 Å². The third-order valence-corrected chi connectivity index (χ3v) is 3.69. The minimum Gasteiger partial charge on any atom is -0.497 e. The van der Waals surface area contributed by atoms with Gasteiger partial charge in [-0.05, 0) is 25.0 Å². The van der Waals surface area contributed by atoms with E-state index in [0.717, 1.165) is 35.7 Å². The first-order chi connectivity index (χ1) is 9.72. The van der Waals surface area contributed by atoms with Gasteiger partial charge in [-0.3, -0.25) is 0 Å². The summed E-state index contributed by atoms with van der Waals surface area (Å²) in [5.74, 6) is 2.19. The highest BCUT2D eigenvalue weighted by molar-refractivity contribution is 5.68. The molecule has 3 rings (SSSR count). The topological polar surface area (TPSA) is 70.9 Å². The molecule has 5 heteroatoms. The normalized spacial score (nSPS) is 15.4. The van der Waals surface area contributed by atoms with E-state index in [1.165, 1.54) is 0 Å². The number of hydrogen-bond acceptors (Lipinski definition) is 4. The number of methoxy groups -OCH3 is 2. The van der Waals surface area contributed by atoms with Crippen molar-refractivity contribution in [2.75, 3.05) is 14.2 Å². The van der Waals surface area contributed by atoms with Crippen LogP contribution in [0.4, 0.5) is 0 Å². The van der Waals surface area contributed by atoms with Gasteiger partial charge in [0.15, 0.2) is 0 Å². The summed E-state index contributed by atoms with van der Waals surface area (Å²) < 4.78 is 10.6. The van der Waals surface area contributed by atoms with Crippen LogP contribution in [-0.2, 0) is 5.41 Å². The summed E-state index contributed by atoms with van der Waals surface area (Å²) in [5, 5.41) is 9.21. The van der Waals surface area contributed by atoms with Gasteiger partial charge in [-0.25, -0.2) is 4.98 Å². The molecule has 0 saturated heterocycles. The summed E-state index contributed by atoms with van der Waals surface area (Å²) >= 11 is 0. The minimum absolute atomic E-state index is 0.405. The van der Waals surface area contributed by atoms with Gasteiger partial charge < -0.3 is 14.5 Å². The summed E-state index contributed by atoms with van der Waals surface area (Å²) in [5.41, 5.74) is 1.35. The molecule has 1 saturated carbocycles. The van der Waals surface area contributed by atoms with Crippen LogP contribution in [0.5, 0.6) is 11.5 Å². The van der Waals surface area contributed by atoms with Gasteiger partial charge in [-0.2, -0.15) is 5.26 Å². The third kappa shape index (κ3) is 1.90. The molecule has 1 aromatic heterocycles. The van der Waals surface area contributed by atoms with E-state index in [1.807, 2.05) is 18.2 Å². The number of ether oxygens (including phenoxy) is 2. The lowest BCUT2D eigenvalue weighted by Crippen LogP contribution is -2.04. The largest absolute Gasteiger partial charge is 0.497 e. The lowest BCUT2D eigenvalue weighted by Gasteiger charge is -2.09. The van der Waals surface area contributed by atoms with Gasteiger partial charge in [-0.1, -0.05) is 0 Å². The second-order valence-electron chi connectivity index (χ2n) is 4.91. The van der Waals surface area contributed by atoms with Crippen LogP contribution in [0.2, 0.25) is 0 Å². The number of rotatable bonds is 4. The monoisotopic (exact) mass is 269 g/mol. The SMILES string of the molecule is COc1ccc(-c2cnc(C3(C#N)CC3)[nH]2)c(OC)c1. The smallest absolute Gasteiger partial charge is 0.131 e. The summed E-state index contributed by atoms with van der Waals surface area (Å²) in [6.45, 7) is 0. The van der Waals surface area contributed by atoms with Crippen molar-refractivity contribution in [2.24, 2.45) is 0 Å². The highest BCUT2D eigenvalue weighted by atomic mass is 16.5. The standard InChI is InChI=1S/C15H15N3O2/c1-19-10-3-4-11(13(7-10)20-2)12-8-17-14(18-12)15(9-16)5-6-15/h3-4,7-8H,5-6H2,1-2H3,(H,17,18). The molecule has 5 nitrogen and oxygen atoms in total. The van der Waals surface area contributed by atoms with Crippen LogP contribution in [0.3, 0.4) is 0 Å². The second-order valence-corrected chi connectivity index (χ2v) is 4.91. The predicted molar refractivity (Wildman–Crippen MR) is 73.7 cm³/mol. The van der Waals surface area contributed by atoms with E-state index in [1.54, 1.807) is 20.4 Å². The molecule has 1 N–H and O–H groups in total. The molecule has 0 amide bonds. The second kappa shape index (κ2) is 4.57. The Morgan fingerprint density at radius 2 is 2.10 bits per heavy atom. The highest BCUT2D eigenvalue weighted by Crippen LogP contribution is 2.46. The van der Waals surface area contributed by atoms with Crippen LogP contribution in [0, 0.1) is 11.3 Å². The van der Waals surface area contributed by atoms with E-state index >= 15 is 0 Å². The molecule has 0 bridgehead atoms. The predicted octanol–water partition coefficient (Wildman–Crippen LogP) is 2.65. The number of aromatic amines is 1. The van der Waals surface area contributed by atoms with Crippen molar-refractivity contribution in [1.82, 2.24) is 9.97 Å². The first-order valence-electron chi connectivity index (χ1n) is 6.41. The van der Waals surface area contributed by atoms with E-state index in [2.05, 4.69) is 16.0 Å². The molecule has 102 valence electrons. The van der Waals surface area contributed by atoms with Gasteiger partial charge in [0, 0.05) is 11.6 Å². The Balaban J connectivity index is 2.00. The Kier molecular flexibility index (Phi) is 2.87. The molecular formula is C15H15N3O2. The van der Waals surface area contributed by atoms with Crippen molar-refractivity contribution >= 4 is 0 Å². The first-order valence-corrected chi connectivity index (χ1v) is 6.41. The van der Waals surface area contributed by atoms with Crippen molar-refractivity contribution < 1.29 is 9.47 Å². The zero-order valence-corrected chi connectivity index (χ0v) is 11.4.